The number of halogens is 1. The van der Waals surface area contributed by atoms with Gasteiger partial charge in [0.25, 0.3) is 0 Å². The molecule has 0 bridgehead atoms. The van der Waals surface area contributed by atoms with Crippen LogP contribution in [0.4, 0.5) is 4.39 Å². The number of rotatable bonds is 6. The third-order valence-corrected chi connectivity index (χ3v) is 5.79. The Morgan fingerprint density at radius 3 is 2.19 bits per heavy atom. The molecule has 1 aromatic rings. The van der Waals surface area contributed by atoms with Gasteiger partial charge >= 0.3 is 0 Å². The molecule has 21 heavy (non-hydrogen) atoms. The van der Waals surface area contributed by atoms with Gasteiger partial charge in [0.1, 0.15) is 10.7 Å². The van der Waals surface area contributed by atoms with E-state index in [0.29, 0.717) is 6.42 Å². The summed E-state index contributed by atoms with van der Waals surface area (Å²) >= 11 is 0. The summed E-state index contributed by atoms with van der Waals surface area (Å²) < 4.78 is 63.7. The van der Waals surface area contributed by atoms with E-state index in [-0.39, 0.29) is 16.9 Å². The van der Waals surface area contributed by atoms with Gasteiger partial charge in [-0.25, -0.2) is 25.9 Å². The van der Waals surface area contributed by atoms with Crippen molar-refractivity contribution >= 4 is 19.9 Å². The third-order valence-electron chi connectivity index (χ3n) is 3.17. The van der Waals surface area contributed by atoms with E-state index < -0.39 is 30.6 Å². The summed E-state index contributed by atoms with van der Waals surface area (Å²) in [7, 11) is -7.73. The number of sulfonamides is 1. The molecular formula is C13H20FNO4S2. The van der Waals surface area contributed by atoms with Gasteiger partial charge in [0.15, 0.2) is 9.84 Å². The fourth-order valence-corrected chi connectivity index (χ4v) is 4.17. The smallest absolute Gasteiger partial charge is 0.224 e. The van der Waals surface area contributed by atoms with Crippen molar-refractivity contribution in [2.24, 2.45) is 5.92 Å². The van der Waals surface area contributed by atoms with Crippen molar-refractivity contribution in [2.45, 2.75) is 43.0 Å². The van der Waals surface area contributed by atoms with E-state index in [1.807, 2.05) is 20.8 Å². The monoisotopic (exact) mass is 337 g/mol. The van der Waals surface area contributed by atoms with Gasteiger partial charge in [-0.1, -0.05) is 20.8 Å². The fourth-order valence-electron chi connectivity index (χ4n) is 1.87. The Morgan fingerprint density at radius 2 is 1.76 bits per heavy atom. The molecular weight excluding hydrogens is 317 g/mol. The van der Waals surface area contributed by atoms with E-state index >= 15 is 0 Å². The molecule has 0 aliphatic rings. The highest BCUT2D eigenvalue weighted by atomic mass is 32.2. The second-order valence-electron chi connectivity index (χ2n) is 5.24. The summed E-state index contributed by atoms with van der Waals surface area (Å²) in [5.74, 6) is -0.945. The molecule has 0 saturated carbocycles. The van der Waals surface area contributed by atoms with Crippen molar-refractivity contribution in [3.05, 3.63) is 24.0 Å². The Bertz CT molecular complexity index is 712. The minimum Gasteiger partial charge on any atom is -0.224 e. The highest BCUT2D eigenvalue weighted by molar-refractivity contribution is 7.91. The zero-order chi connectivity index (χ0) is 16.4. The van der Waals surface area contributed by atoms with Crippen molar-refractivity contribution in [3.63, 3.8) is 0 Å². The number of hydrogen-bond donors (Lipinski definition) is 1. The zero-order valence-electron chi connectivity index (χ0n) is 12.4. The Kier molecular flexibility index (Phi) is 5.51. The van der Waals surface area contributed by atoms with Gasteiger partial charge in [-0.3, -0.25) is 0 Å². The normalized spacial score (nSPS) is 14.4. The van der Waals surface area contributed by atoms with Crippen LogP contribution >= 0.6 is 0 Å². The number of nitrogens with one attached hydrogen (secondary N) is 1. The number of benzene rings is 1. The van der Waals surface area contributed by atoms with Gasteiger partial charge in [0.05, 0.1) is 4.90 Å². The SMILES string of the molecule is CCC(NS(=O)(=O)c1cc(S(C)(=O)=O)ccc1F)C(C)C. The summed E-state index contributed by atoms with van der Waals surface area (Å²) in [6.45, 7) is 5.51. The molecule has 1 N–H and O–H groups in total. The van der Waals surface area contributed by atoms with Crippen LogP contribution in [0.15, 0.2) is 28.0 Å². The third kappa shape index (κ3) is 4.49. The molecule has 1 atom stereocenters. The molecule has 0 radical (unpaired) electrons. The lowest BCUT2D eigenvalue weighted by molar-refractivity contribution is 0.435. The molecule has 0 heterocycles. The topological polar surface area (TPSA) is 80.3 Å². The van der Waals surface area contributed by atoms with Crippen LogP contribution in [-0.4, -0.2) is 29.1 Å². The molecule has 0 saturated heterocycles. The first-order valence-electron chi connectivity index (χ1n) is 6.51. The van der Waals surface area contributed by atoms with Crippen LogP contribution in [0.3, 0.4) is 0 Å². The molecule has 0 aliphatic heterocycles. The lowest BCUT2D eigenvalue weighted by Crippen LogP contribution is -2.38. The van der Waals surface area contributed by atoms with E-state index in [2.05, 4.69) is 4.72 Å². The lowest BCUT2D eigenvalue weighted by atomic mass is 10.0. The molecule has 1 rings (SSSR count). The summed E-state index contributed by atoms with van der Waals surface area (Å²) in [5.41, 5.74) is 0. The highest BCUT2D eigenvalue weighted by Gasteiger charge is 2.25. The van der Waals surface area contributed by atoms with E-state index in [1.165, 1.54) is 0 Å². The average molecular weight is 337 g/mol. The number of hydrogen-bond acceptors (Lipinski definition) is 4. The second kappa shape index (κ2) is 6.41. The standard InChI is InChI=1S/C13H20FNO4S2/c1-5-12(9(2)3)15-21(18,19)13-8-10(20(4,16)17)6-7-11(13)14/h6-9,12,15H,5H2,1-4H3. The Morgan fingerprint density at radius 1 is 1.19 bits per heavy atom. The minimum absolute atomic E-state index is 0.0333. The van der Waals surface area contributed by atoms with Gasteiger partial charge in [-0.15, -0.1) is 0 Å². The van der Waals surface area contributed by atoms with Crippen LogP contribution in [-0.2, 0) is 19.9 Å². The molecule has 8 heteroatoms. The fraction of sp³-hybridized carbons (Fsp3) is 0.538. The molecule has 0 fully saturated rings. The first-order chi connectivity index (χ1) is 9.49. The maximum atomic E-state index is 13.8. The van der Waals surface area contributed by atoms with E-state index in [0.717, 1.165) is 24.5 Å². The summed E-state index contributed by atoms with van der Waals surface area (Å²) in [6, 6.07) is 2.39. The van der Waals surface area contributed by atoms with Crippen molar-refractivity contribution < 1.29 is 21.2 Å². The highest BCUT2D eigenvalue weighted by Crippen LogP contribution is 2.21. The molecule has 0 aromatic heterocycles. The average Bonchev–Trinajstić information content (AvgIpc) is 2.34. The molecule has 0 spiro atoms. The second-order valence-corrected chi connectivity index (χ2v) is 8.94. The first kappa shape index (κ1) is 18.1. The molecule has 120 valence electrons. The Hall–Kier alpha value is -0.990. The molecule has 5 nitrogen and oxygen atoms in total. The van der Waals surface area contributed by atoms with E-state index in [4.69, 9.17) is 0 Å². The van der Waals surface area contributed by atoms with Gasteiger partial charge < -0.3 is 0 Å². The lowest BCUT2D eigenvalue weighted by Gasteiger charge is -2.20. The molecule has 0 aliphatic carbocycles. The quantitative estimate of drug-likeness (QED) is 0.805. The van der Waals surface area contributed by atoms with E-state index in [1.54, 1.807) is 0 Å². The van der Waals surface area contributed by atoms with Gasteiger partial charge in [-0.05, 0) is 30.5 Å². The van der Waals surface area contributed by atoms with Crippen LogP contribution in [0.5, 0.6) is 0 Å². The molecule has 1 aromatic carbocycles. The van der Waals surface area contributed by atoms with Crippen LogP contribution < -0.4 is 4.72 Å². The van der Waals surface area contributed by atoms with Crippen molar-refractivity contribution in [2.75, 3.05) is 6.26 Å². The number of sulfone groups is 1. The first-order valence-corrected chi connectivity index (χ1v) is 9.88. The van der Waals surface area contributed by atoms with Crippen molar-refractivity contribution in [3.8, 4) is 0 Å². The zero-order valence-corrected chi connectivity index (χ0v) is 14.1. The van der Waals surface area contributed by atoms with Crippen molar-refractivity contribution in [1.29, 1.82) is 0 Å². The van der Waals surface area contributed by atoms with Crippen molar-refractivity contribution in [1.82, 2.24) is 4.72 Å². The van der Waals surface area contributed by atoms with E-state index in [9.17, 15) is 21.2 Å². The summed E-state index contributed by atoms with van der Waals surface area (Å²) in [4.78, 5) is -0.883. The van der Waals surface area contributed by atoms with Gasteiger partial charge in [0.2, 0.25) is 10.0 Å². The Balaban J connectivity index is 3.31. The molecule has 1 unspecified atom stereocenters. The minimum atomic E-state index is -4.12. The van der Waals surface area contributed by atoms with Gasteiger partial charge in [0, 0.05) is 12.3 Å². The molecule has 0 amide bonds. The summed E-state index contributed by atoms with van der Waals surface area (Å²) in [6.07, 6.45) is 1.48. The maximum Gasteiger partial charge on any atom is 0.243 e. The Labute approximate surface area is 125 Å². The van der Waals surface area contributed by atoms with Crippen LogP contribution in [0.25, 0.3) is 0 Å². The van der Waals surface area contributed by atoms with Crippen LogP contribution in [0.1, 0.15) is 27.2 Å². The van der Waals surface area contributed by atoms with Gasteiger partial charge in [-0.2, -0.15) is 0 Å². The summed E-state index contributed by atoms with van der Waals surface area (Å²) in [5, 5.41) is 0. The largest absolute Gasteiger partial charge is 0.243 e. The van der Waals surface area contributed by atoms with Crippen LogP contribution in [0, 0.1) is 11.7 Å². The van der Waals surface area contributed by atoms with Crippen LogP contribution in [0.2, 0.25) is 0 Å². The maximum absolute atomic E-state index is 13.8. The predicted octanol–water partition coefficient (Wildman–Crippen LogP) is 1.94. The predicted molar refractivity (Wildman–Crippen MR) is 78.7 cm³/mol.